The van der Waals surface area contributed by atoms with Gasteiger partial charge in [-0.05, 0) is 18.1 Å². The fraction of sp³-hybridized carbons (Fsp3) is 0.533. The van der Waals surface area contributed by atoms with E-state index in [1.807, 2.05) is 32.2 Å². The van der Waals surface area contributed by atoms with Gasteiger partial charge in [-0.15, -0.1) is 0 Å². The number of nitrogens with one attached hydrogen (secondary N) is 1. The Balaban J connectivity index is 2.13. The summed E-state index contributed by atoms with van der Waals surface area (Å²) in [5.74, 6) is 0.725. The van der Waals surface area contributed by atoms with Crippen molar-refractivity contribution in [3.05, 3.63) is 23.8 Å². The predicted molar refractivity (Wildman–Crippen MR) is 76.0 cm³/mol. The monoisotopic (exact) mass is 279 g/mol. The summed E-state index contributed by atoms with van der Waals surface area (Å²) >= 11 is 0. The SMILES string of the molecule is CCc1ccc(NC)cc1OC1CC(O)CC(C=O)O1. The smallest absolute Gasteiger partial charge is 0.203 e. The minimum absolute atomic E-state index is 0.334. The highest BCUT2D eigenvalue weighted by Gasteiger charge is 2.29. The Morgan fingerprint density at radius 2 is 2.30 bits per heavy atom. The van der Waals surface area contributed by atoms with Crippen molar-refractivity contribution >= 4 is 12.0 Å². The van der Waals surface area contributed by atoms with Crippen LogP contribution < -0.4 is 10.1 Å². The molecule has 5 nitrogen and oxygen atoms in total. The van der Waals surface area contributed by atoms with E-state index in [2.05, 4.69) is 5.32 Å². The van der Waals surface area contributed by atoms with Crippen LogP contribution in [-0.2, 0) is 16.0 Å². The molecule has 3 atom stereocenters. The van der Waals surface area contributed by atoms with Crippen molar-refractivity contribution in [2.45, 2.75) is 44.7 Å². The molecule has 0 aliphatic carbocycles. The first-order valence-corrected chi connectivity index (χ1v) is 6.92. The molecule has 20 heavy (non-hydrogen) atoms. The molecule has 1 saturated heterocycles. The summed E-state index contributed by atoms with van der Waals surface area (Å²) in [6.45, 7) is 2.05. The summed E-state index contributed by atoms with van der Waals surface area (Å²) in [6, 6.07) is 5.88. The van der Waals surface area contributed by atoms with E-state index < -0.39 is 18.5 Å². The third kappa shape index (κ3) is 3.49. The van der Waals surface area contributed by atoms with Crippen LogP contribution in [-0.4, -0.2) is 36.9 Å². The van der Waals surface area contributed by atoms with E-state index in [-0.39, 0.29) is 0 Å². The second-order valence-electron chi connectivity index (χ2n) is 4.91. The Kier molecular flexibility index (Phi) is 4.98. The van der Waals surface area contributed by atoms with E-state index in [9.17, 15) is 9.90 Å². The number of hydrogen-bond donors (Lipinski definition) is 2. The highest BCUT2D eigenvalue weighted by molar-refractivity contribution is 5.56. The Morgan fingerprint density at radius 1 is 1.50 bits per heavy atom. The van der Waals surface area contributed by atoms with Gasteiger partial charge in [-0.25, -0.2) is 0 Å². The molecule has 1 heterocycles. The molecule has 110 valence electrons. The Morgan fingerprint density at radius 3 is 2.95 bits per heavy atom. The molecule has 0 saturated carbocycles. The number of aryl methyl sites for hydroxylation is 1. The molecule has 2 rings (SSSR count). The van der Waals surface area contributed by atoms with Gasteiger partial charge in [-0.1, -0.05) is 13.0 Å². The summed E-state index contributed by atoms with van der Waals surface area (Å²) in [5.41, 5.74) is 2.01. The van der Waals surface area contributed by atoms with E-state index in [0.29, 0.717) is 19.1 Å². The number of carbonyl (C=O) groups is 1. The van der Waals surface area contributed by atoms with Gasteiger partial charge in [0.1, 0.15) is 18.1 Å². The number of anilines is 1. The van der Waals surface area contributed by atoms with Crippen molar-refractivity contribution in [3.8, 4) is 5.75 Å². The van der Waals surface area contributed by atoms with Gasteiger partial charge in [-0.2, -0.15) is 0 Å². The lowest BCUT2D eigenvalue weighted by atomic mass is 10.1. The second kappa shape index (κ2) is 6.72. The van der Waals surface area contributed by atoms with Crippen LogP contribution in [0.25, 0.3) is 0 Å². The fourth-order valence-corrected chi connectivity index (χ4v) is 2.31. The molecule has 1 aromatic rings. The zero-order valence-corrected chi connectivity index (χ0v) is 11.8. The first-order valence-electron chi connectivity index (χ1n) is 6.92. The first kappa shape index (κ1) is 14.8. The van der Waals surface area contributed by atoms with Crippen molar-refractivity contribution in [2.24, 2.45) is 0 Å². The maximum absolute atomic E-state index is 10.8. The third-order valence-electron chi connectivity index (χ3n) is 3.44. The standard InChI is InChI=1S/C15H21NO4/c1-3-10-4-5-11(16-2)6-14(10)20-15-8-12(18)7-13(9-17)19-15/h4-6,9,12-13,15-16,18H,3,7-8H2,1-2H3. The number of aliphatic hydroxyl groups excluding tert-OH is 1. The lowest BCUT2D eigenvalue weighted by Crippen LogP contribution is -2.39. The number of aldehydes is 1. The molecule has 5 heteroatoms. The van der Waals surface area contributed by atoms with Crippen LogP contribution in [0.15, 0.2) is 18.2 Å². The quantitative estimate of drug-likeness (QED) is 0.804. The highest BCUT2D eigenvalue weighted by atomic mass is 16.7. The Bertz CT molecular complexity index is 463. The number of aliphatic hydroxyl groups is 1. The van der Waals surface area contributed by atoms with Gasteiger partial charge in [-0.3, -0.25) is 0 Å². The predicted octanol–water partition coefficient (Wildman–Crippen LogP) is 1.73. The molecule has 0 radical (unpaired) electrons. The molecule has 3 unspecified atom stereocenters. The van der Waals surface area contributed by atoms with Gasteiger partial charge in [0.05, 0.1) is 6.10 Å². The average molecular weight is 279 g/mol. The van der Waals surface area contributed by atoms with Gasteiger partial charge in [0.25, 0.3) is 0 Å². The van der Waals surface area contributed by atoms with Gasteiger partial charge >= 0.3 is 0 Å². The molecule has 0 amide bonds. The lowest BCUT2D eigenvalue weighted by molar-refractivity contribution is -0.176. The summed E-state index contributed by atoms with van der Waals surface area (Å²) in [4.78, 5) is 10.8. The number of hydrogen-bond acceptors (Lipinski definition) is 5. The zero-order valence-electron chi connectivity index (χ0n) is 11.8. The van der Waals surface area contributed by atoms with E-state index in [0.717, 1.165) is 23.4 Å². The molecule has 0 bridgehead atoms. The van der Waals surface area contributed by atoms with Crippen LogP contribution in [0.3, 0.4) is 0 Å². The number of ether oxygens (including phenoxy) is 2. The van der Waals surface area contributed by atoms with Crippen LogP contribution in [0.1, 0.15) is 25.3 Å². The van der Waals surface area contributed by atoms with Crippen LogP contribution in [0, 0.1) is 0 Å². The molecule has 1 aromatic carbocycles. The van der Waals surface area contributed by atoms with Crippen molar-refractivity contribution in [2.75, 3.05) is 12.4 Å². The average Bonchev–Trinajstić information content (AvgIpc) is 2.46. The second-order valence-corrected chi connectivity index (χ2v) is 4.91. The van der Waals surface area contributed by atoms with Crippen LogP contribution in [0.5, 0.6) is 5.75 Å². The first-order chi connectivity index (χ1) is 9.66. The summed E-state index contributed by atoms with van der Waals surface area (Å²) < 4.78 is 11.4. The topological polar surface area (TPSA) is 67.8 Å². The number of rotatable bonds is 5. The van der Waals surface area contributed by atoms with Crippen molar-refractivity contribution in [1.29, 1.82) is 0 Å². The highest BCUT2D eigenvalue weighted by Crippen LogP contribution is 2.28. The Hall–Kier alpha value is -1.59. The molecular formula is C15H21NO4. The van der Waals surface area contributed by atoms with Crippen molar-refractivity contribution < 1.29 is 19.4 Å². The summed E-state index contributed by atoms with van der Waals surface area (Å²) in [5, 5.41) is 12.8. The zero-order chi connectivity index (χ0) is 14.5. The van der Waals surface area contributed by atoms with E-state index in [1.165, 1.54) is 0 Å². The number of benzene rings is 1. The normalized spacial score (nSPS) is 26.1. The van der Waals surface area contributed by atoms with E-state index >= 15 is 0 Å². The van der Waals surface area contributed by atoms with Gasteiger partial charge in [0, 0.05) is 31.6 Å². The molecular weight excluding hydrogens is 258 g/mol. The van der Waals surface area contributed by atoms with E-state index in [4.69, 9.17) is 9.47 Å². The molecule has 1 fully saturated rings. The van der Waals surface area contributed by atoms with Crippen molar-refractivity contribution in [3.63, 3.8) is 0 Å². The van der Waals surface area contributed by atoms with Gasteiger partial charge in [0.15, 0.2) is 0 Å². The maximum atomic E-state index is 10.8. The molecule has 1 aliphatic rings. The third-order valence-corrected chi connectivity index (χ3v) is 3.44. The van der Waals surface area contributed by atoms with Crippen LogP contribution in [0.4, 0.5) is 5.69 Å². The van der Waals surface area contributed by atoms with Gasteiger partial charge in [0.2, 0.25) is 6.29 Å². The fourth-order valence-electron chi connectivity index (χ4n) is 2.31. The molecule has 0 spiro atoms. The molecule has 2 N–H and O–H groups in total. The number of carbonyl (C=O) groups excluding carboxylic acids is 1. The largest absolute Gasteiger partial charge is 0.464 e. The van der Waals surface area contributed by atoms with Crippen LogP contribution >= 0.6 is 0 Å². The minimum atomic E-state index is -0.596. The molecule has 0 aromatic heterocycles. The Labute approximate surface area is 118 Å². The van der Waals surface area contributed by atoms with E-state index in [1.54, 1.807) is 0 Å². The maximum Gasteiger partial charge on any atom is 0.203 e. The van der Waals surface area contributed by atoms with Crippen LogP contribution in [0.2, 0.25) is 0 Å². The summed E-state index contributed by atoms with van der Waals surface area (Å²) in [7, 11) is 1.84. The lowest BCUT2D eigenvalue weighted by Gasteiger charge is -2.31. The molecule has 1 aliphatic heterocycles. The van der Waals surface area contributed by atoms with Crippen molar-refractivity contribution in [1.82, 2.24) is 0 Å². The van der Waals surface area contributed by atoms with Gasteiger partial charge < -0.3 is 24.7 Å². The summed E-state index contributed by atoms with van der Waals surface area (Å²) in [6.07, 6.45) is 0.502. The minimum Gasteiger partial charge on any atom is -0.464 e.